The van der Waals surface area contributed by atoms with Crippen LogP contribution in [0.1, 0.15) is 19.8 Å². The van der Waals surface area contributed by atoms with Gasteiger partial charge in [0, 0.05) is 0 Å². The molecule has 0 aliphatic carbocycles. The summed E-state index contributed by atoms with van der Waals surface area (Å²) in [6, 6.07) is 0. The summed E-state index contributed by atoms with van der Waals surface area (Å²) in [5, 5.41) is 20.6. The molecule has 0 spiro atoms. The standard InChI is InChI=1S/C10H21NO4S/c1-8(9-2-4-11-5-3-9)16(14,15)7-10(13)6-12/h8-13H,2-7H2,1H3. The van der Waals surface area contributed by atoms with Gasteiger partial charge in [0.1, 0.15) is 0 Å². The predicted octanol–water partition coefficient (Wildman–Crippen LogP) is -0.857. The number of aliphatic hydroxyl groups excluding tert-OH is 2. The van der Waals surface area contributed by atoms with Crippen LogP contribution in [0.15, 0.2) is 0 Å². The first kappa shape index (κ1) is 13.9. The van der Waals surface area contributed by atoms with Gasteiger partial charge in [0.25, 0.3) is 0 Å². The van der Waals surface area contributed by atoms with Crippen molar-refractivity contribution in [1.29, 1.82) is 0 Å². The van der Waals surface area contributed by atoms with Gasteiger partial charge in [-0.1, -0.05) is 0 Å². The second-order valence-electron chi connectivity index (χ2n) is 4.46. The Bertz CT molecular complexity index is 298. The SMILES string of the molecule is CC(C1CCNCC1)S(=O)(=O)CC(O)CO. The van der Waals surface area contributed by atoms with E-state index in [0.29, 0.717) is 0 Å². The molecule has 3 N–H and O–H groups in total. The Labute approximate surface area is 96.8 Å². The van der Waals surface area contributed by atoms with Gasteiger partial charge in [0.15, 0.2) is 9.84 Å². The summed E-state index contributed by atoms with van der Waals surface area (Å²) in [7, 11) is -3.31. The molecule has 1 heterocycles. The highest BCUT2D eigenvalue weighted by atomic mass is 32.2. The Morgan fingerprint density at radius 2 is 1.94 bits per heavy atom. The maximum absolute atomic E-state index is 11.9. The van der Waals surface area contributed by atoms with Gasteiger partial charge in [-0.2, -0.15) is 0 Å². The van der Waals surface area contributed by atoms with Crippen molar-refractivity contribution in [2.24, 2.45) is 5.92 Å². The van der Waals surface area contributed by atoms with Crippen LogP contribution in [0, 0.1) is 5.92 Å². The van der Waals surface area contributed by atoms with Gasteiger partial charge in [-0.15, -0.1) is 0 Å². The number of rotatable bonds is 5. The summed E-state index contributed by atoms with van der Waals surface area (Å²) < 4.78 is 23.8. The third-order valence-electron chi connectivity index (χ3n) is 3.25. The zero-order valence-electron chi connectivity index (χ0n) is 9.59. The average Bonchev–Trinajstić information content (AvgIpc) is 2.28. The van der Waals surface area contributed by atoms with E-state index in [1.165, 1.54) is 0 Å². The molecule has 0 saturated carbocycles. The molecule has 0 aromatic carbocycles. The van der Waals surface area contributed by atoms with Crippen LogP contribution in [0.25, 0.3) is 0 Å². The molecular formula is C10H21NO4S. The van der Waals surface area contributed by atoms with Crippen LogP contribution in [0.2, 0.25) is 0 Å². The van der Waals surface area contributed by atoms with Gasteiger partial charge in [-0.25, -0.2) is 8.42 Å². The zero-order chi connectivity index (χ0) is 12.2. The van der Waals surface area contributed by atoms with Crippen LogP contribution in [0.3, 0.4) is 0 Å². The minimum absolute atomic E-state index is 0.164. The molecule has 0 radical (unpaired) electrons. The summed E-state index contributed by atoms with van der Waals surface area (Å²) in [6.45, 7) is 2.91. The van der Waals surface area contributed by atoms with E-state index in [-0.39, 0.29) is 11.7 Å². The smallest absolute Gasteiger partial charge is 0.155 e. The Kier molecular flexibility index (Phi) is 5.17. The van der Waals surface area contributed by atoms with E-state index in [2.05, 4.69) is 5.32 Å². The summed E-state index contributed by atoms with van der Waals surface area (Å²) in [4.78, 5) is 0. The third kappa shape index (κ3) is 3.69. The molecule has 0 bridgehead atoms. The van der Waals surface area contributed by atoms with Gasteiger partial charge >= 0.3 is 0 Å². The molecule has 2 atom stereocenters. The van der Waals surface area contributed by atoms with E-state index >= 15 is 0 Å². The number of aliphatic hydroxyl groups is 2. The molecule has 0 amide bonds. The highest BCUT2D eigenvalue weighted by Crippen LogP contribution is 2.22. The predicted molar refractivity (Wildman–Crippen MR) is 61.9 cm³/mol. The summed E-state index contributed by atoms with van der Waals surface area (Å²) in [6.07, 6.45) is 0.555. The van der Waals surface area contributed by atoms with Gasteiger partial charge in [0.05, 0.1) is 23.7 Å². The number of hydrogen-bond donors (Lipinski definition) is 3. The molecule has 1 fully saturated rings. The van der Waals surface area contributed by atoms with Gasteiger partial charge in [-0.3, -0.25) is 0 Å². The van der Waals surface area contributed by atoms with Crippen molar-refractivity contribution in [3.05, 3.63) is 0 Å². The third-order valence-corrected chi connectivity index (χ3v) is 5.62. The topological polar surface area (TPSA) is 86.6 Å². The van der Waals surface area contributed by atoms with Crippen LogP contribution in [-0.2, 0) is 9.84 Å². The maximum Gasteiger partial charge on any atom is 0.155 e. The van der Waals surface area contributed by atoms with Gasteiger partial charge in [-0.05, 0) is 38.8 Å². The van der Waals surface area contributed by atoms with E-state index in [0.717, 1.165) is 25.9 Å². The lowest BCUT2D eigenvalue weighted by Crippen LogP contribution is -2.39. The minimum Gasteiger partial charge on any atom is -0.394 e. The van der Waals surface area contributed by atoms with Crippen LogP contribution < -0.4 is 5.32 Å². The number of nitrogens with one attached hydrogen (secondary N) is 1. The maximum atomic E-state index is 11.9. The second kappa shape index (κ2) is 5.95. The Hall–Kier alpha value is -0.170. The molecule has 1 saturated heterocycles. The molecule has 1 aliphatic rings. The highest BCUT2D eigenvalue weighted by Gasteiger charge is 2.31. The molecule has 6 heteroatoms. The van der Waals surface area contributed by atoms with Crippen molar-refractivity contribution in [2.45, 2.75) is 31.1 Å². The minimum atomic E-state index is -3.31. The monoisotopic (exact) mass is 251 g/mol. The molecule has 0 aromatic rings. The zero-order valence-corrected chi connectivity index (χ0v) is 10.4. The van der Waals surface area contributed by atoms with Crippen molar-refractivity contribution in [2.75, 3.05) is 25.4 Å². The van der Waals surface area contributed by atoms with E-state index < -0.39 is 27.8 Å². The Balaban J connectivity index is 2.59. The lowest BCUT2D eigenvalue weighted by Gasteiger charge is -2.28. The fourth-order valence-electron chi connectivity index (χ4n) is 2.08. The molecule has 16 heavy (non-hydrogen) atoms. The van der Waals surface area contributed by atoms with Crippen LogP contribution in [0.5, 0.6) is 0 Å². The van der Waals surface area contributed by atoms with Crippen molar-refractivity contribution in [3.8, 4) is 0 Å². The molecule has 0 aromatic heterocycles. The first-order valence-corrected chi connectivity index (χ1v) is 7.40. The largest absolute Gasteiger partial charge is 0.394 e. The van der Waals surface area contributed by atoms with Crippen LogP contribution in [-0.4, -0.2) is 55.4 Å². The number of hydrogen-bond acceptors (Lipinski definition) is 5. The first-order valence-electron chi connectivity index (χ1n) is 5.68. The van der Waals surface area contributed by atoms with E-state index in [1.807, 2.05) is 0 Å². The highest BCUT2D eigenvalue weighted by molar-refractivity contribution is 7.92. The molecular weight excluding hydrogens is 230 g/mol. The molecule has 5 nitrogen and oxygen atoms in total. The van der Waals surface area contributed by atoms with E-state index in [1.54, 1.807) is 6.92 Å². The van der Waals surface area contributed by atoms with Gasteiger partial charge in [0.2, 0.25) is 0 Å². The number of sulfone groups is 1. The normalized spacial score (nSPS) is 22.9. The summed E-state index contributed by atoms with van der Waals surface area (Å²) >= 11 is 0. The first-order chi connectivity index (χ1) is 7.47. The lowest BCUT2D eigenvalue weighted by molar-refractivity contribution is 0.112. The second-order valence-corrected chi connectivity index (χ2v) is 6.86. The molecule has 96 valence electrons. The molecule has 1 aliphatic heterocycles. The fourth-order valence-corrected chi connectivity index (χ4v) is 3.88. The van der Waals surface area contributed by atoms with Crippen molar-refractivity contribution >= 4 is 9.84 Å². The Morgan fingerprint density at radius 3 is 2.44 bits per heavy atom. The van der Waals surface area contributed by atoms with E-state index in [9.17, 15) is 13.5 Å². The van der Waals surface area contributed by atoms with Crippen LogP contribution in [0.4, 0.5) is 0 Å². The molecule has 2 unspecified atom stereocenters. The van der Waals surface area contributed by atoms with Crippen LogP contribution >= 0.6 is 0 Å². The fraction of sp³-hybridized carbons (Fsp3) is 1.00. The lowest BCUT2D eigenvalue weighted by atomic mass is 9.95. The van der Waals surface area contributed by atoms with Crippen molar-refractivity contribution in [1.82, 2.24) is 5.32 Å². The summed E-state index contributed by atoms with van der Waals surface area (Å²) in [5.74, 6) is -0.175. The van der Waals surface area contributed by atoms with Crippen molar-refractivity contribution < 1.29 is 18.6 Å². The molecule has 1 rings (SSSR count). The van der Waals surface area contributed by atoms with Gasteiger partial charge < -0.3 is 15.5 Å². The average molecular weight is 251 g/mol. The number of piperidine rings is 1. The van der Waals surface area contributed by atoms with E-state index in [4.69, 9.17) is 5.11 Å². The van der Waals surface area contributed by atoms with Crippen molar-refractivity contribution in [3.63, 3.8) is 0 Å². The summed E-state index contributed by atoms with van der Waals surface area (Å²) in [5.41, 5.74) is 0. The quantitative estimate of drug-likeness (QED) is 0.592. The Morgan fingerprint density at radius 1 is 1.38 bits per heavy atom.